The van der Waals surface area contributed by atoms with Crippen molar-refractivity contribution < 1.29 is 9.59 Å². The van der Waals surface area contributed by atoms with Crippen LogP contribution in [0.2, 0.25) is 5.02 Å². The number of aromatic nitrogens is 1. The summed E-state index contributed by atoms with van der Waals surface area (Å²) < 4.78 is 0. The van der Waals surface area contributed by atoms with Crippen molar-refractivity contribution in [2.75, 3.05) is 6.54 Å². The van der Waals surface area contributed by atoms with E-state index in [-0.39, 0.29) is 11.8 Å². The van der Waals surface area contributed by atoms with E-state index in [4.69, 9.17) is 11.6 Å². The molecule has 0 bridgehead atoms. The minimum absolute atomic E-state index is 0.155. The van der Waals surface area contributed by atoms with Crippen molar-refractivity contribution in [1.29, 1.82) is 0 Å². The first-order valence-corrected chi connectivity index (χ1v) is 8.74. The minimum atomic E-state index is -0.509. The fourth-order valence-corrected chi connectivity index (χ4v) is 3.28. The van der Waals surface area contributed by atoms with Gasteiger partial charge in [0.25, 0.3) is 5.91 Å². The van der Waals surface area contributed by atoms with E-state index in [1.54, 1.807) is 24.3 Å². The van der Waals surface area contributed by atoms with E-state index in [0.717, 1.165) is 5.56 Å². The molecule has 5 nitrogen and oxygen atoms in total. The van der Waals surface area contributed by atoms with Gasteiger partial charge in [0.1, 0.15) is 6.04 Å². The van der Waals surface area contributed by atoms with E-state index in [1.807, 2.05) is 30.3 Å². The first-order chi connectivity index (χ1) is 12.6. The van der Waals surface area contributed by atoms with E-state index < -0.39 is 6.04 Å². The topological polar surface area (TPSA) is 71.1 Å². The highest BCUT2D eigenvalue weighted by molar-refractivity contribution is 6.31. The Morgan fingerprint density at radius 1 is 1.15 bits per heavy atom. The van der Waals surface area contributed by atoms with Crippen molar-refractivity contribution in [3.63, 3.8) is 0 Å². The monoisotopic (exact) mass is 365 g/mol. The van der Waals surface area contributed by atoms with Crippen LogP contribution < -0.4 is 10.6 Å². The predicted octanol–water partition coefficient (Wildman–Crippen LogP) is 3.17. The summed E-state index contributed by atoms with van der Waals surface area (Å²) in [6, 6.07) is 16.2. The molecule has 2 heterocycles. The van der Waals surface area contributed by atoms with E-state index >= 15 is 0 Å². The molecule has 2 amide bonds. The van der Waals surface area contributed by atoms with E-state index in [2.05, 4.69) is 15.6 Å². The number of rotatable bonds is 3. The third-order valence-corrected chi connectivity index (χ3v) is 4.67. The second kappa shape index (κ2) is 6.77. The lowest BCUT2D eigenvalue weighted by Crippen LogP contribution is -2.40. The largest absolute Gasteiger partial charge is 0.354 e. The van der Waals surface area contributed by atoms with Crippen molar-refractivity contribution in [3.05, 3.63) is 65.2 Å². The summed E-state index contributed by atoms with van der Waals surface area (Å²) in [5.41, 5.74) is 2.74. The number of carbonyl (C=O) groups excluding carboxylic acids is 2. The van der Waals surface area contributed by atoms with Crippen LogP contribution >= 0.6 is 11.6 Å². The fraction of sp³-hybridized carbons (Fsp3) is 0.150. The minimum Gasteiger partial charge on any atom is -0.354 e. The SMILES string of the molecule is O=C(NC1CCNC1=O)c1cc(-c2ccccc2)nc2ccc(Cl)cc12. The maximum Gasteiger partial charge on any atom is 0.252 e. The van der Waals surface area contributed by atoms with Gasteiger partial charge in [-0.15, -0.1) is 0 Å². The quantitative estimate of drug-likeness (QED) is 0.748. The van der Waals surface area contributed by atoms with Gasteiger partial charge in [-0.1, -0.05) is 41.9 Å². The summed E-state index contributed by atoms with van der Waals surface area (Å²) in [7, 11) is 0. The van der Waals surface area contributed by atoms with Crippen LogP contribution in [0.5, 0.6) is 0 Å². The molecule has 4 rings (SSSR count). The highest BCUT2D eigenvalue weighted by atomic mass is 35.5. The van der Waals surface area contributed by atoms with Gasteiger partial charge in [0.05, 0.1) is 16.8 Å². The molecule has 2 aromatic carbocycles. The number of amides is 2. The number of benzene rings is 2. The molecule has 0 saturated carbocycles. The highest BCUT2D eigenvalue weighted by Gasteiger charge is 2.26. The normalized spacial score (nSPS) is 16.5. The number of nitrogens with one attached hydrogen (secondary N) is 2. The first-order valence-electron chi connectivity index (χ1n) is 8.36. The van der Waals surface area contributed by atoms with Crippen LogP contribution in [-0.4, -0.2) is 29.4 Å². The Kier molecular flexibility index (Phi) is 4.31. The smallest absolute Gasteiger partial charge is 0.252 e. The summed E-state index contributed by atoms with van der Waals surface area (Å²) in [6.07, 6.45) is 0.583. The molecule has 1 atom stereocenters. The Balaban J connectivity index is 1.81. The summed E-state index contributed by atoms with van der Waals surface area (Å²) in [4.78, 5) is 29.3. The van der Waals surface area contributed by atoms with Crippen molar-refractivity contribution in [3.8, 4) is 11.3 Å². The molecule has 0 aliphatic carbocycles. The molecule has 0 spiro atoms. The molecule has 3 aromatic rings. The molecule has 0 radical (unpaired) electrons. The van der Waals surface area contributed by atoms with Gasteiger partial charge in [0.15, 0.2) is 0 Å². The second-order valence-corrected chi connectivity index (χ2v) is 6.62. The number of carbonyl (C=O) groups is 2. The molecular formula is C20H16ClN3O2. The third kappa shape index (κ3) is 3.13. The maximum atomic E-state index is 12.9. The van der Waals surface area contributed by atoms with E-state index in [9.17, 15) is 9.59 Å². The van der Waals surface area contributed by atoms with E-state index in [0.29, 0.717) is 40.1 Å². The van der Waals surface area contributed by atoms with Crippen LogP contribution in [-0.2, 0) is 4.79 Å². The Bertz CT molecular complexity index is 1000. The van der Waals surface area contributed by atoms with Crippen molar-refractivity contribution in [1.82, 2.24) is 15.6 Å². The lowest BCUT2D eigenvalue weighted by atomic mass is 10.0. The predicted molar refractivity (Wildman–Crippen MR) is 101 cm³/mol. The number of hydrogen-bond acceptors (Lipinski definition) is 3. The number of halogens is 1. The van der Waals surface area contributed by atoms with Gasteiger partial charge in [0, 0.05) is 22.5 Å². The molecule has 1 aliphatic rings. The Hall–Kier alpha value is -2.92. The third-order valence-electron chi connectivity index (χ3n) is 4.44. The fourth-order valence-electron chi connectivity index (χ4n) is 3.11. The van der Waals surface area contributed by atoms with Gasteiger partial charge in [-0.25, -0.2) is 4.98 Å². The zero-order valence-electron chi connectivity index (χ0n) is 13.8. The summed E-state index contributed by atoms with van der Waals surface area (Å²) >= 11 is 6.12. The van der Waals surface area contributed by atoms with Crippen LogP contribution in [0.3, 0.4) is 0 Å². The molecule has 2 N–H and O–H groups in total. The standard InChI is InChI=1S/C20H16ClN3O2/c21-13-6-7-16-14(10-13)15(19(25)24-17-8-9-22-20(17)26)11-18(23-16)12-4-2-1-3-5-12/h1-7,10-11,17H,8-9H2,(H,22,26)(H,24,25). The average molecular weight is 366 g/mol. The zero-order chi connectivity index (χ0) is 18.1. The van der Waals surface area contributed by atoms with E-state index in [1.165, 1.54) is 0 Å². The maximum absolute atomic E-state index is 12.9. The van der Waals surface area contributed by atoms with Gasteiger partial charge < -0.3 is 10.6 Å². The van der Waals surface area contributed by atoms with Crippen molar-refractivity contribution >= 4 is 34.3 Å². The van der Waals surface area contributed by atoms with Crippen molar-refractivity contribution in [2.24, 2.45) is 0 Å². The van der Waals surface area contributed by atoms with Crippen LogP contribution in [0.1, 0.15) is 16.8 Å². The molecular weight excluding hydrogens is 350 g/mol. The lowest BCUT2D eigenvalue weighted by Gasteiger charge is -2.13. The average Bonchev–Trinajstić information content (AvgIpc) is 3.06. The number of fused-ring (bicyclic) bond motifs is 1. The van der Waals surface area contributed by atoms with Gasteiger partial charge in [-0.3, -0.25) is 9.59 Å². The van der Waals surface area contributed by atoms with Gasteiger partial charge in [-0.05, 0) is 30.7 Å². The number of nitrogens with zero attached hydrogens (tertiary/aromatic N) is 1. The van der Waals surface area contributed by atoms with Crippen LogP contribution in [0, 0.1) is 0 Å². The molecule has 26 heavy (non-hydrogen) atoms. The summed E-state index contributed by atoms with van der Waals surface area (Å²) in [6.45, 7) is 0.571. The Morgan fingerprint density at radius 3 is 2.69 bits per heavy atom. The zero-order valence-corrected chi connectivity index (χ0v) is 14.6. The Morgan fingerprint density at radius 2 is 1.96 bits per heavy atom. The van der Waals surface area contributed by atoms with Gasteiger partial charge in [-0.2, -0.15) is 0 Å². The van der Waals surface area contributed by atoms with Crippen molar-refractivity contribution in [2.45, 2.75) is 12.5 Å². The molecule has 1 unspecified atom stereocenters. The van der Waals surface area contributed by atoms with Crippen LogP contribution in [0.15, 0.2) is 54.6 Å². The summed E-state index contributed by atoms with van der Waals surface area (Å²) in [5.74, 6) is -0.461. The molecule has 6 heteroatoms. The summed E-state index contributed by atoms with van der Waals surface area (Å²) in [5, 5.41) is 6.72. The number of pyridine rings is 1. The van der Waals surface area contributed by atoms with Gasteiger partial charge >= 0.3 is 0 Å². The molecule has 130 valence electrons. The molecule has 1 saturated heterocycles. The highest BCUT2D eigenvalue weighted by Crippen LogP contribution is 2.27. The van der Waals surface area contributed by atoms with Crippen LogP contribution in [0.4, 0.5) is 0 Å². The molecule has 1 aromatic heterocycles. The lowest BCUT2D eigenvalue weighted by molar-refractivity contribution is -0.120. The molecule has 1 fully saturated rings. The van der Waals surface area contributed by atoms with Gasteiger partial charge in [0.2, 0.25) is 5.91 Å². The second-order valence-electron chi connectivity index (χ2n) is 6.19. The first kappa shape index (κ1) is 16.5. The number of hydrogen-bond donors (Lipinski definition) is 2. The van der Waals surface area contributed by atoms with Crippen LogP contribution in [0.25, 0.3) is 22.2 Å². The Labute approximate surface area is 155 Å². The molecule has 1 aliphatic heterocycles.